The normalized spacial score (nSPS) is 10.8. The molecular formula is C7H5ClIN3. The van der Waals surface area contributed by atoms with Gasteiger partial charge in [-0.3, -0.25) is 5.10 Å². The quantitative estimate of drug-likeness (QED) is 0.579. The van der Waals surface area contributed by atoms with E-state index in [4.69, 9.17) is 17.3 Å². The molecule has 0 unspecified atom stereocenters. The summed E-state index contributed by atoms with van der Waals surface area (Å²) < 4.78 is 0.978. The molecule has 1 aromatic heterocycles. The van der Waals surface area contributed by atoms with Crippen LogP contribution in [0.25, 0.3) is 10.9 Å². The van der Waals surface area contributed by atoms with E-state index < -0.39 is 0 Å². The Morgan fingerprint density at radius 2 is 2.25 bits per heavy atom. The van der Waals surface area contributed by atoms with Gasteiger partial charge in [-0.15, -0.1) is 0 Å². The van der Waals surface area contributed by atoms with E-state index in [1.54, 1.807) is 6.07 Å². The molecule has 0 spiro atoms. The number of nitrogens with one attached hydrogen (secondary N) is 1. The Balaban J connectivity index is 2.87. The molecule has 12 heavy (non-hydrogen) atoms. The lowest BCUT2D eigenvalue weighted by Gasteiger charge is -1.95. The van der Waals surface area contributed by atoms with Gasteiger partial charge in [0.05, 0.1) is 16.2 Å². The fourth-order valence-electron chi connectivity index (χ4n) is 1.02. The van der Waals surface area contributed by atoms with Crippen LogP contribution >= 0.6 is 34.2 Å². The Morgan fingerprint density at radius 1 is 1.50 bits per heavy atom. The Hall–Kier alpha value is -0.490. The predicted molar refractivity (Wildman–Crippen MR) is 58.2 cm³/mol. The Morgan fingerprint density at radius 3 is 3.00 bits per heavy atom. The minimum absolute atomic E-state index is 0.547. The lowest BCUT2D eigenvalue weighted by molar-refractivity contribution is 1.09. The maximum absolute atomic E-state index is 5.82. The van der Waals surface area contributed by atoms with E-state index in [1.165, 1.54) is 0 Å². The Bertz CT molecular complexity index is 437. The first kappa shape index (κ1) is 8.12. The van der Waals surface area contributed by atoms with Crippen LogP contribution in [0.5, 0.6) is 0 Å². The average molecular weight is 293 g/mol. The Labute approximate surface area is 87.4 Å². The molecule has 2 aromatic rings. The summed E-state index contributed by atoms with van der Waals surface area (Å²) in [5.41, 5.74) is 7.07. The summed E-state index contributed by atoms with van der Waals surface area (Å²) in [6.45, 7) is 0. The monoisotopic (exact) mass is 293 g/mol. The van der Waals surface area contributed by atoms with Gasteiger partial charge in [0.25, 0.3) is 0 Å². The second-order valence-corrected chi connectivity index (χ2v) is 3.91. The number of anilines is 1. The maximum Gasteiger partial charge on any atom is 0.104 e. The molecule has 5 heteroatoms. The zero-order chi connectivity index (χ0) is 8.72. The van der Waals surface area contributed by atoms with Crippen LogP contribution in [0.15, 0.2) is 12.1 Å². The number of hydrogen-bond acceptors (Lipinski definition) is 2. The number of hydrogen-bond donors (Lipinski definition) is 2. The number of rotatable bonds is 0. The zero-order valence-electron chi connectivity index (χ0n) is 5.94. The third-order valence-corrected chi connectivity index (χ3v) is 2.78. The SMILES string of the molecule is Nc1cc2c(I)[nH]nc2cc1Cl. The molecule has 3 nitrogen and oxygen atoms in total. The molecule has 0 saturated carbocycles. The van der Waals surface area contributed by atoms with E-state index in [2.05, 4.69) is 32.8 Å². The van der Waals surface area contributed by atoms with Gasteiger partial charge >= 0.3 is 0 Å². The van der Waals surface area contributed by atoms with Gasteiger partial charge in [-0.1, -0.05) is 11.6 Å². The van der Waals surface area contributed by atoms with E-state index in [0.29, 0.717) is 10.7 Å². The average Bonchev–Trinajstić information content (AvgIpc) is 2.35. The van der Waals surface area contributed by atoms with Crippen molar-refractivity contribution in [3.8, 4) is 0 Å². The van der Waals surface area contributed by atoms with Gasteiger partial charge < -0.3 is 5.73 Å². The fourth-order valence-corrected chi connectivity index (χ4v) is 1.73. The summed E-state index contributed by atoms with van der Waals surface area (Å²) >= 11 is 7.98. The number of aromatic nitrogens is 2. The molecule has 0 radical (unpaired) electrons. The first-order valence-electron chi connectivity index (χ1n) is 3.27. The topological polar surface area (TPSA) is 54.7 Å². The third kappa shape index (κ3) is 1.15. The van der Waals surface area contributed by atoms with Crippen LogP contribution in [0.2, 0.25) is 5.02 Å². The number of nitrogens with zero attached hydrogens (tertiary/aromatic N) is 1. The molecule has 0 fully saturated rings. The number of aromatic amines is 1. The van der Waals surface area contributed by atoms with Crippen molar-refractivity contribution in [2.45, 2.75) is 0 Å². The molecule has 0 saturated heterocycles. The standard InChI is InChI=1S/C7H5ClIN3/c8-4-2-6-3(1-5(4)10)7(9)12-11-6/h1-2H,10H2,(H,11,12). The van der Waals surface area contributed by atoms with Crippen LogP contribution in [0, 0.1) is 3.70 Å². The number of nitrogens with two attached hydrogens (primary N) is 1. The molecule has 3 N–H and O–H groups in total. The molecule has 0 aliphatic heterocycles. The number of fused-ring (bicyclic) bond motifs is 1. The summed E-state index contributed by atoms with van der Waals surface area (Å²) in [6, 6.07) is 3.58. The molecule has 0 aliphatic rings. The third-order valence-electron chi connectivity index (χ3n) is 1.63. The fraction of sp³-hybridized carbons (Fsp3) is 0. The van der Waals surface area contributed by atoms with Gasteiger partial charge in [-0.05, 0) is 34.7 Å². The maximum atomic E-state index is 5.82. The predicted octanol–water partition coefficient (Wildman–Crippen LogP) is 2.40. The smallest absolute Gasteiger partial charge is 0.104 e. The van der Waals surface area contributed by atoms with Gasteiger partial charge in [0.1, 0.15) is 3.70 Å². The molecule has 0 amide bonds. The van der Waals surface area contributed by atoms with Crippen molar-refractivity contribution in [2.24, 2.45) is 0 Å². The van der Waals surface area contributed by atoms with Crippen LogP contribution in [0.1, 0.15) is 0 Å². The van der Waals surface area contributed by atoms with E-state index in [9.17, 15) is 0 Å². The number of halogens is 2. The molecule has 0 aliphatic carbocycles. The number of benzene rings is 1. The molecule has 62 valence electrons. The van der Waals surface area contributed by atoms with Gasteiger partial charge in [0.15, 0.2) is 0 Å². The second kappa shape index (κ2) is 2.77. The summed E-state index contributed by atoms with van der Waals surface area (Å²) in [5.74, 6) is 0. The van der Waals surface area contributed by atoms with Crippen LogP contribution in [0.3, 0.4) is 0 Å². The highest BCUT2D eigenvalue weighted by molar-refractivity contribution is 14.1. The summed E-state index contributed by atoms with van der Waals surface area (Å²) in [5, 5.41) is 8.46. The van der Waals surface area contributed by atoms with Crippen molar-refractivity contribution < 1.29 is 0 Å². The van der Waals surface area contributed by atoms with Crippen molar-refractivity contribution in [1.29, 1.82) is 0 Å². The Kier molecular flexibility index (Phi) is 1.88. The lowest BCUT2D eigenvalue weighted by atomic mass is 10.2. The van der Waals surface area contributed by atoms with Crippen molar-refractivity contribution in [1.82, 2.24) is 10.2 Å². The zero-order valence-corrected chi connectivity index (χ0v) is 8.85. The molecule has 1 aromatic carbocycles. The first-order valence-corrected chi connectivity index (χ1v) is 4.73. The highest BCUT2D eigenvalue weighted by atomic mass is 127. The molecule has 1 heterocycles. The lowest BCUT2D eigenvalue weighted by Crippen LogP contribution is -1.85. The number of H-pyrrole nitrogens is 1. The highest BCUT2D eigenvalue weighted by Gasteiger charge is 2.05. The van der Waals surface area contributed by atoms with Gasteiger partial charge in [0.2, 0.25) is 0 Å². The van der Waals surface area contributed by atoms with E-state index in [-0.39, 0.29) is 0 Å². The molecule has 0 atom stereocenters. The van der Waals surface area contributed by atoms with Crippen molar-refractivity contribution in [2.75, 3.05) is 5.73 Å². The van der Waals surface area contributed by atoms with Crippen LogP contribution in [-0.4, -0.2) is 10.2 Å². The van der Waals surface area contributed by atoms with Crippen molar-refractivity contribution in [3.63, 3.8) is 0 Å². The van der Waals surface area contributed by atoms with Crippen LogP contribution in [0.4, 0.5) is 5.69 Å². The summed E-state index contributed by atoms with van der Waals surface area (Å²) in [4.78, 5) is 0. The van der Waals surface area contributed by atoms with Crippen LogP contribution < -0.4 is 5.73 Å². The molecule has 2 rings (SSSR count). The summed E-state index contributed by atoms with van der Waals surface area (Å²) in [6.07, 6.45) is 0. The largest absolute Gasteiger partial charge is 0.398 e. The van der Waals surface area contributed by atoms with Gasteiger partial charge in [-0.2, -0.15) is 5.10 Å². The minimum atomic E-state index is 0.547. The summed E-state index contributed by atoms with van der Waals surface area (Å²) in [7, 11) is 0. The van der Waals surface area contributed by atoms with Crippen LogP contribution in [-0.2, 0) is 0 Å². The van der Waals surface area contributed by atoms with Crippen molar-refractivity contribution >= 4 is 50.8 Å². The van der Waals surface area contributed by atoms with Gasteiger partial charge in [0, 0.05) is 5.39 Å². The second-order valence-electron chi connectivity index (χ2n) is 2.43. The van der Waals surface area contributed by atoms with E-state index >= 15 is 0 Å². The number of nitrogen functional groups attached to an aromatic ring is 1. The van der Waals surface area contributed by atoms with E-state index in [0.717, 1.165) is 14.6 Å². The molecular weight excluding hydrogens is 288 g/mol. The first-order chi connectivity index (χ1) is 5.68. The molecule has 0 bridgehead atoms. The van der Waals surface area contributed by atoms with Gasteiger partial charge in [-0.25, -0.2) is 0 Å². The highest BCUT2D eigenvalue weighted by Crippen LogP contribution is 2.26. The van der Waals surface area contributed by atoms with Crippen molar-refractivity contribution in [3.05, 3.63) is 20.9 Å². The van der Waals surface area contributed by atoms with E-state index in [1.807, 2.05) is 6.07 Å². The minimum Gasteiger partial charge on any atom is -0.398 e.